The maximum Gasteiger partial charge on any atom is 0.226 e. The molecular weight excluding hydrogens is 188 g/mol. The summed E-state index contributed by atoms with van der Waals surface area (Å²) in [6.07, 6.45) is 6.88. The molecule has 1 amide bonds. The van der Waals surface area contributed by atoms with Crippen LogP contribution >= 0.6 is 0 Å². The fourth-order valence-electron chi connectivity index (χ4n) is 2.64. The third-order valence-electron chi connectivity index (χ3n) is 3.95. The smallest absolute Gasteiger partial charge is 0.226 e. The van der Waals surface area contributed by atoms with Gasteiger partial charge in [0.1, 0.15) is 0 Å². The second-order valence-electron chi connectivity index (χ2n) is 5.27. The lowest BCUT2D eigenvalue weighted by Crippen LogP contribution is -2.48. The van der Waals surface area contributed by atoms with Crippen molar-refractivity contribution in [2.24, 2.45) is 5.41 Å². The van der Waals surface area contributed by atoms with Crippen LogP contribution in [-0.4, -0.2) is 25.0 Å². The number of hydrogen-bond acceptors (Lipinski definition) is 2. The van der Waals surface area contributed by atoms with Crippen molar-refractivity contribution >= 4 is 5.91 Å². The van der Waals surface area contributed by atoms with Gasteiger partial charge < -0.3 is 10.6 Å². The van der Waals surface area contributed by atoms with E-state index in [2.05, 4.69) is 17.6 Å². The Balaban J connectivity index is 1.87. The molecule has 0 atom stereocenters. The Morgan fingerprint density at radius 2 is 1.87 bits per heavy atom. The van der Waals surface area contributed by atoms with E-state index in [1.807, 2.05) is 0 Å². The van der Waals surface area contributed by atoms with E-state index in [1.165, 1.54) is 25.7 Å². The Morgan fingerprint density at radius 3 is 2.47 bits per heavy atom. The van der Waals surface area contributed by atoms with Crippen LogP contribution < -0.4 is 10.6 Å². The standard InChI is InChI=1S/C12H22N2O/c1-12(6-8-13-9-7-12)11(15)14-10-4-2-3-5-10/h10,13H,2-9H2,1H3,(H,14,15). The number of carbonyl (C=O) groups is 1. The largest absolute Gasteiger partial charge is 0.353 e. The molecule has 1 aliphatic carbocycles. The molecule has 2 aliphatic rings. The summed E-state index contributed by atoms with van der Waals surface area (Å²) in [6.45, 7) is 4.07. The minimum absolute atomic E-state index is 0.117. The molecular formula is C12H22N2O. The van der Waals surface area contributed by atoms with Gasteiger partial charge in [0.2, 0.25) is 5.91 Å². The monoisotopic (exact) mass is 210 g/mol. The molecule has 2 fully saturated rings. The summed E-state index contributed by atoms with van der Waals surface area (Å²) in [6, 6.07) is 0.462. The van der Waals surface area contributed by atoms with Gasteiger partial charge in [-0.2, -0.15) is 0 Å². The fraction of sp³-hybridized carbons (Fsp3) is 0.917. The van der Waals surface area contributed by atoms with E-state index in [4.69, 9.17) is 0 Å². The molecule has 2 N–H and O–H groups in total. The number of hydrogen-bond donors (Lipinski definition) is 2. The van der Waals surface area contributed by atoms with Crippen LogP contribution in [0.15, 0.2) is 0 Å². The summed E-state index contributed by atoms with van der Waals surface area (Å²) in [5.74, 6) is 0.288. The molecule has 2 rings (SSSR count). The summed E-state index contributed by atoms with van der Waals surface area (Å²) < 4.78 is 0. The van der Waals surface area contributed by atoms with Crippen LogP contribution in [0.1, 0.15) is 45.4 Å². The van der Waals surface area contributed by atoms with Gasteiger partial charge in [0, 0.05) is 11.5 Å². The van der Waals surface area contributed by atoms with E-state index in [-0.39, 0.29) is 11.3 Å². The van der Waals surface area contributed by atoms with Gasteiger partial charge in [-0.3, -0.25) is 4.79 Å². The highest BCUT2D eigenvalue weighted by atomic mass is 16.2. The van der Waals surface area contributed by atoms with Crippen molar-refractivity contribution in [3.05, 3.63) is 0 Å². The molecule has 0 radical (unpaired) electrons. The van der Waals surface area contributed by atoms with Crippen molar-refractivity contribution in [3.8, 4) is 0 Å². The lowest BCUT2D eigenvalue weighted by Gasteiger charge is -2.33. The first-order valence-corrected chi connectivity index (χ1v) is 6.22. The molecule has 1 saturated heterocycles. The molecule has 0 unspecified atom stereocenters. The predicted octanol–water partition coefficient (Wildman–Crippen LogP) is 1.43. The minimum atomic E-state index is -0.117. The van der Waals surface area contributed by atoms with Crippen LogP contribution in [0.4, 0.5) is 0 Å². The molecule has 3 heteroatoms. The number of amides is 1. The summed E-state index contributed by atoms with van der Waals surface area (Å²) >= 11 is 0. The van der Waals surface area contributed by atoms with E-state index in [0.717, 1.165) is 25.9 Å². The third kappa shape index (κ3) is 2.51. The second kappa shape index (κ2) is 4.52. The van der Waals surface area contributed by atoms with E-state index >= 15 is 0 Å². The van der Waals surface area contributed by atoms with Gasteiger partial charge in [-0.25, -0.2) is 0 Å². The predicted molar refractivity (Wildman–Crippen MR) is 60.6 cm³/mol. The lowest BCUT2D eigenvalue weighted by atomic mass is 9.80. The molecule has 1 heterocycles. The zero-order chi connectivity index (χ0) is 10.7. The maximum atomic E-state index is 12.1. The van der Waals surface area contributed by atoms with Crippen molar-refractivity contribution in [3.63, 3.8) is 0 Å². The first kappa shape index (κ1) is 10.9. The summed E-state index contributed by atoms with van der Waals surface area (Å²) in [5, 5.41) is 6.53. The molecule has 0 aromatic carbocycles. The Morgan fingerprint density at radius 1 is 1.27 bits per heavy atom. The first-order chi connectivity index (χ1) is 7.21. The van der Waals surface area contributed by atoms with E-state index < -0.39 is 0 Å². The van der Waals surface area contributed by atoms with Gasteiger partial charge in [0.05, 0.1) is 0 Å². The third-order valence-corrected chi connectivity index (χ3v) is 3.95. The van der Waals surface area contributed by atoms with E-state index in [1.54, 1.807) is 0 Å². The van der Waals surface area contributed by atoms with Crippen LogP contribution in [0.5, 0.6) is 0 Å². The minimum Gasteiger partial charge on any atom is -0.353 e. The van der Waals surface area contributed by atoms with Gasteiger partial charge in [0.25, 0.3) is 0 Å². The maximum absolute atomic E-state index is 12.1. The SMILES string of the molecule is CC1(C(=O)NC2CCCC2)CCNCC1. The number of rotatable bonds is 2. The Kier molecular flexibility index (Phi) is 3.29. The van der Waals surface area contributed by atoms with Crippen LogP contribution in [-0.2, 0) is 4.79 Å². The second-order valence-corrected chi connectivity index (χ2v) is 5.27. The van der Waals surface area contributed by atoms with Crippen LogP contribution in [0.25, 0.3) is 0 Å². The zero-order valence-corrected chi connectivity index (χ0v) is 9.64. The molecule has 0 bridgehead atoms. The average Bonchev–Trinajstić information content (AvgIpc) is 2.71. The van der Waals surface area contributed by atoms with E-state index in [0.29, 0.717) is 6.04 Å². The number of carbonyl (C=O) groups excluding carboxylic acids is 1. The van der Waals surface area contributed by atoms with Crippen molar-refractivity contribution in [1.82, 2.24) is 10.6 Å². The topological polar surface area (TPSA) is 41.1 Å². The summed E-state index contributed by atoms with van der Waals surface area (Å²) in [4.78, 5) is 12.1. The van der Waals surface area contributed by atoms with Crippen molar-refractivity contribution < 1.29 is 4.79 Å². The summed E-state index contributed by atoms with van der Waals surface area (Å²) in [7, 11) is 0. The fourth-order valence-corrected chi connectivity index (χ4v) is 2.64. The van der Waals surface area contributed by atoms with Gasteiger partial charge in [-0.15, -0.1) is 0 Å². The molecule has 0 aromatic rings. The molecule has 0 aromatic heterocycles. The Hall–Kier alpha value is -0.570. The first-order valence-electron chi connectivity index (χ1n) is 6.22. The van der Waals surface area contributed by atoms with Crippen LogP contribution in [0.3, 0.4) is 0 Å². The van der Waals surface area contributed by atoms with Crippen molar-refractivity contribution in [1.29, 1.82) is 0 Å². The molecule has 0 spiro atoms. The normalized spacial score (nSPS) is 26.5. The van der Waals surface area contributed by atoms with Crippen molar-refractivity contribution in [2.45, 2.75) is 51.5 Å². The van der Waals surface area contributed by atoms with Gasteiger partial charge in [-0.1, -0.05) is 19.8 Å². The molecule has 15 heavy (non-hydrogen) atoms. The quantitative estimate of drug-likeness (QED) is 0.724. The van der Waals surface area contributed by atoms with Gasteiger partial charge in [0.15, 0.2) is 0 Å². The summed E-state index contributed by atoms with van der Waals surface area (Å²) in [5.41, 5.74) is -0.117. The van der Waals surface area contributed by atoms with Gasteiger partial charge >= 0.3 is 0 Å². The Labute approximate surface area is 92.0 Å². The average molecular weight is 210 g/mol. The Bertz CT molecular complexity index is 228. The zero-order valence-electron chi connectivity index (χ0n) is 9.64. The van der Waals surface area contributed by atoms with Crippen molar-refractivity contribution in [2.75, 3.05) is 13.1 Å². The molecule has 3 nitrogen and oxygen atoms in total. The van der Waals surface area contributed by atoms with Crippen LogP contribution in [0.2, 0.25) is 0 Å². The number of nitrogens with one attached hydrogen (secondary N) is 2. The molecule has 1 aliphatic heterocycles. The lowest BCUT2D eigenvalue weighted by molar-refractivity contribution is -0.132. The van der Waals surface area contributed by atoms with E-state index in [9.17, 15) is 4.79 Å². The molecule has 86 valence electrons. The highest BCUT2D eigenvalue weighted by molar-refractivity contribution is 5.82. The van der Waals surface area contributed by atoms with Crippen LogP contribution in [0, 0.1) is 5.41 Å². The van der Waals surface area contributed by atoms with Gasteiger partial charge in [-0.05, 0) is 38.8 Å². The molecule has 1 saturated carbocycles. The highest BCUT2D eigenvalue weighted by Crippen LogP contribution is 2.29. The number of piperidine rings is 1. The highest BCUT2D eigenvalue weighted by Gasteiger charge is 2.35.